The minimum atomic E-state index is 1.19. The number of benzene rings is 12. The third kappa shape index (κ3) is 6.39. The molecule has 0 aromatic heterocycles. The van der Waals surface area contributed by atoms with E-state index in [1.165, 1.54) is 121 Å². The minimum absolute atomic E-state index is 1.19. The molecule has 12 aromatic rings. The topological polar surface area (TPSA) is 0 Å². The van der Waals surface area contributed by atoms with Gasteiger partial charge in [-0.1, -0.05) is 237 Å². The van der Waals surface area contributed by atoms with E-state index >= 15 is 0 Å². The predicted molar refractivity (Wildman–Crippen MR) is 275 cm³/mol. The monoisotopic (exact) mass is 810 g/mol. The van der Waals surface area contributed by atoms with Crippen LogP contribution in [0.4, 0.5) is 0 Å². The zero-order valence-corrected chi connectivity index (χ0v) is 35.2. The second-order valence-corrected chi connectivity index (χ2v) is 16.7. The van der Waals surface area contributed by atoms with Gasteiger partial charge in [-0.3, -0.25) is 0 Å². The van der Waals surface area contributed by atoms with Gasteiger partial charge >= 0.3 is 0 Å². The SMILES string of the molecule is c1ccc(-c2cc(-c3ccccc3)c(-c3cccc4c(-c5ccc6c(-c7ccccc7)c7ccccc7c(-c7cccc8ccccc78)c6c5)cccc34)c(-c3ccccc3)c2)cc1. The van der Waals surface area contributed by atoms with Gasteiger partial charge in [0, 0.05) is 0 Å². The van der Waals surface area contributed by atoms with Crippen molar-refractivity contribution in [1.82, 2.24) is 0 Å². The lowest BCUT2D eigenvalue weighted by Crippen LogP contribution is -1.95. The van der Waals surface area contributed by atoms with E-state index in [1.54, 1.807) is 0 Å². The Bertz CT molecular complexity index is 3610. The Morgan fingerprint density at radius 3 is 1.20 bits per heavy atom. The van der Waals surface area contributed by atoms with Crippen molar-refractivity contribution in [3.8, 4) is 77.9 Å². The molecule has 0 heterocycles. The summed E-state index contributed by atoms with van der Waals surface area (Å²) in [6, 6.07) is 93.7. The summed E-state index contributed by atoms with van der Waals surface area (Å²) in [6.45, 7) is 0. The molecule has 298 valence electrons. The van der Waals surface area contributed by atoms with Crippen LogP contribution >= 0.6 is 0 Å². The van der Waals surface area contributed by atoms with Crippen LogP contribution in [0.25, 0.3) is 121 Å². The maximum atomic E-state index is 2.46. The molecule has 0 N–H and O–H groups in total. The first-order valence-electron chi connectivity index (χ1n) is 22.2. The predicted octanol–water partition coefficient (Wildman–Crippen LogP) is 18.0. The zero-order valence-electron chi connectivity index (χ0n) is 35.2. The van der Waals surface area contributed by atoms with Gasteiger partial charge in [-0.2, -0.15) is 0 Å². The van der Waals surface area contributed by atoms with E-state index in [9.17, 15) is 0 Å². The van der Waals surface area contributed by atoms with E-state index in [1.807, 2.05) is 0 Å². The van der Waals surface area contributed by atoms with Crippen LogP contribution in [0.2, 0.25) is 0 Å². The quantitative estimate of drug-likeness (QED) is 0.141. The standard InChI is InChI=1S/C64H42/c1-5-20-43(21-6-1)49-41-59(45-22-7-2-8-23-45)64(60(42-49)46-24-9-3-10-25-46)55-37-19-34-52-51(33-18-35-53(52)55)48-38-39-58-61(40-48)63(54-36-17-29-44-26-13-14-30-50(44)54)57-32-16-15-31-56(57)62(58)47-27-11-4-12-28-47/h1-42H. The Morgan fingerprint density at radius 1 is 0.156 bits per heavy atom. The molecule has 0 aliphatic heterocycles. The van der Waals surface area contributed by atoms with Gasteiger partial charge in [0.15, 0.2) is 0 Å². The Morgan fingerprint density at radius 2 is 0.578 bits per heavy atom. The first kappa shape index (κ1) is 37.4. The molecule has 64 heavy (non-hydrogen) atoms. The highest BCUT2D eigenvalue weighted by atomic mass is 14.2. The van der Waals surface area contributed by atoms with Crippen molar-refractivity contribution in [3.05, 3.63) is 255 Å². The van der Waals surface area contributed by atoms with Crippen LogP contribution in [0.5, 0.6) is 0 Å². The smallest absolute Gasteiger partial charge is 0.00199 e. The lowest BCUT2D eigenvalue weighted by Gasteiger charge is -2.21. The lowest BCUT2D eigenvalue weighted by molar-refractivity contribution is 1.55. The molecule has 0 aliphatic carbocycles. The van der Waals surface area contributed by atoms with E-state index in [0.717, 1.165) is 0 Å². The molecule has 0 saturated carbocycles. The van der Waals surface area contributed by atoms with Crippen LogP contribution in [0, 0.1) is 0 Å². The van der Waals surface area contributed by atoms with Crippen molar-refractivity contribution in [2.24, 2.45) is 0 Å². The largest absolute Gasteiger partial charge is 0.0622 e. The van der Waals surface area contributed by atoms with Crippen molar-refractivity contribution in [1.29, 1.82) is 0 Å². The number of rotatable bonds is 7. The zero-order chi connectivity index (χ0) is 42.4. The summed E-state index contributed by atoms with van der Waals surface area (Å²) in [5, 5.41) is 9.94. The summed E-state index contributed by atoms with van der Waals surface area (Å²) in [7, 11) is 0. The van der Waals surface area contributed by atoms with Crippen LogP contribution < -0.4 is 0 Å². The van der Waals surface area contributed by atoms with Gasteiger partial charge in [0.25, 0.3) is 0 Å². The molecule has 0 nitrogen and oxygen atoms in total. The highest BCUT2D eigenvalue weighted by Crippen LogP contribution is 2.49. The molecule has 0 saturated heterocycles. The second-order valence-electron chi connectivity index (χ2n) is 16.7. The van der Waals surface area contributed by atoms with E-state index in [-0.39, 0.29) is 0 Å². The average molecular weight is 811 g/mol. The second kappa shape index (κ2) is 15.9. The van der Waals surface area contributed by atoms with Crippen molar-refractivity contribution < 1.29 is 0 Å². The summed E-state index contributed by atoms with van der Waals surface area (Å²) >= 11 is 0. The molecule has 0 atom stereocenters. The minimum Gasteiger partial charge on any atom is -0.0622 e. The summed E-state index contributed by atoms with van der Waals surface area (Å²) in [4.78, 5) is 0. The van der Waals surface area contributed by atoms with Crippen molar-refractivity contribution in [3.63, 3.8) is 0 Å². The molecule has 0 heteroatoms. The van der Waals surface area contributed by atoms with Gasteiger partial charge in [-0.25, -0.2) is 0 Å². The molecule has 0 aliphatic rings. The van der Waals surface area contributed by atoms with E-state index in [4.69, 9.17) is 0 Å². The highest BCUT2D eigenvalue weighted by Gasteiger charge is 2.22. The fraction of sp³-hybridized carbons (Fsp3) is 0. The lowest BCUT2D eigenvalue weighted by atomic mass is 9.82. The van der Waals surface area contributed by atoms with Crippen LogP contribution in [-0.4, -0.2) is 0 Å². The van der Waals surface area contributed by atoms with Gasteiger partial charge in [-0.05, 0) is 139 Å². The summed E-state index contributed by atoms with van der Waals surface area (Å²) in [5.74, 6) is 0. The first-order valence-corrected chi connectivity index (χ1v) is 22.2. The molecule has 0 unspecified atom stereocenters. The Hall–Kier alpha value is -8.32. The van der Waals surface area contributed by atoms with Gasteiger partial charge in [-0.15, -0.1) is 0 Å². The van der Waals surface area contributed by atoms with E-state index < -0.39 is 0 Å². The van der Waals surface area contributed by atoms with Crippen LogP contribution in [0.3, 0.4) is 0 Å². The van der Waals surface area contributed by atoms with Gasteiger partial charge < -0.3 is 0 Å². The van der Waals surface area contributed by atoms with Gasteiger partial charge in [0.1, 0.15) is 0 Å². The molecule has 0 spiro atoms. The average Bonchev–Trinajstić information content (AvgIpc) is 3.38. The fourth-order valence-corrected chi connectivity index (χ4v) is 10.2. The Kier molecular flexibility index (Phi) is 9.28. The maximum absolute atomic E-state index is 2.46. The third-order valence-electron chi connectivity index (χ3n) is 13.1. The highest BCUT2D eigenvalue weighted by molar-refractivity contribution is 6.24. The summed E-state index contributed by atoms with van der Waals surface area (Å²) < 4.78 is 0. The van der Waals surface area contributed by atoms with Crippen molar-refractivity contribution in [2.45, 2.75) is 0 Å². The van der Waals surface area contributed by atoms with Gasteiger partial charge in [0.05, 0.1) is 0 Å². The third-order valence-corrected chi connectivity index (χ3v) is 13.1. The van der Waals surface area contributed by atoms with Crippen molar-refractivity contribution >= 4 is 43.1 Å². The first-order chi connectivity index (χ1) is 31.8. The van der Waals surface area contributed by atoms with Gasteiger partial charge in [0.2, 0.25) is 0 Å². The van der Waals surface area contributed by atoms with Crippen LogP contribution in [-0.2, 0) is 0 Å². The molecular weight excluding hydrogens is 769 g/mol. The van der Waals surface area contributed by atoms with Crippen LogP contribution in [0.15, 0.2) is 255 Å². The fourth-order valence-electron chi connectivity index (χ4n) is 10.2. The Labute approximate surface area is 374 Å². The van der Waals surface area contributed by atoms with E-state index in [2.05, 4.69) is 255 Å². The molecule has 0 radical (unpaired) electrons. The maximum Gasteiger partial charge on any atom is -0.00199 e. The normalized spacial score (nSPS) is 11.4. The molecule has 0 fully saturated rings. The molecule has 0 bridgehead atoms. The molecule has 12 aromatic carbocycles. The summed E-state index contributed by atoms with van der Waals surface area (Å²) in [6.07, 6.45) is 0. The number of fused-ring (bicyclic) bond motifs is 4. The van der Waals surface area contributed by atoms with Crippen LogP contribution in [0.1, 0.15) is 0 Å². The van der Waals surface area contributed by atoms with Crippen molar-refractivity contribution in [2.75, 3.05) is 0 Å². The number of hydrogen-bond acceptors (Lipinski definition) is 0. The molecular formula is C64H42. The number of hydrogen-bond donors (Lipinski definition) is 0. The van der Waals surface area contributed by atoms with E-state index in [0.29, 0.717) is 0 Å². The molecule has 12 rings (SSSR count). The Balaban J connectivity index is 1.14. The summed E-state index contributed by atoms with van der Waals surface area (Å²) in [5.41, 5.74) is 17.1. The molecule has 0 amide bonds.